The number of hydrogen-bond donors (Lipinski definition) is 2. The average Bonchev–Trinajstić information content (AvgIpc) is 3.36. The highest BCUT2D eigenvalue weighted by Crippen LogP contribution is 2.23. The second kappa shape index (κ2) is 12.2. The molecule has 1 fully saturated rings. The molecule has 1 saturated heterocycles. The van der Waals surface area contributed by atoms with Crippen molar-refractivity contribution in [3.8, 4) is 11.1 Å². The minimum Gasteiger partial charge on any atom is -0.351 e. The highest BCUT2D eigenvalue weighted by Gasteiger charge is 2.36. The number of halogens is 1. The summed E-state index contributed by atoms with van der Waals surface area (Å²) in [5.41, 5.74) is 5.80. The molecule has 5 rings (SSSR count). The van der Waals surface area contributed by atoms with Crippen molar-refractivity contribution in [2.75, 3.05) is 6.54 Å². The Kier molecular flexibility index (Phi) is 8.26. The number of benzene rings is 3. The van der Waals surface area contributed by atoms with E-state index in [1.54, 1.807) is 12.4 Å². The van der Waals surface area contributed by atoms with Gasteiger partial charge in [0.2, 0.25) is 5.91 Å². The van der Waals surface area contributed by atoms with Crippen molar-refractivity contribution < 1.29 is 4.79 Å². The summed E-state index contributed by atoms with van der Waals surface area (Å²) in [6.07, 6.45) is 4.28. The van der Waals surface area contributed by atoms with Crippen LogP contribution in [0.3, 0.4) is 0 Å². The van der Waals surface area contributed by atoms with Crippen molar-refractivity contribution in [1.29, 1.82) is 0 Å². The molecule has 37 heavy (non-hydrogen) atoms. The molecule has 1 aliphatic rings. The van der Waals surface area contributed by atoms with E-state index in [4.69, 9.17) is 11.6 Å². The van der Waals surface area contributed by atoms with Gasteiger partial charge in [0.15, 0.2) is 0 Å². The number of nitrogens with one attached hydrogen (secondary N) is 2. The molecule has 4 aromatic rings. The first-order valence-corrected chi connectivity index (χ1v) is 13.0. The fraction of sp³-hybridized carbons (Fsp3) is 0.226. The van der Waals surface area contributed by atoms with Crippen LogP contribution in [-0.4, -0.2) is 34.4 Å². The van der Waals surface area contributed by atoms with Gasteiger partial charge in [-0.3, -0.25) is 14.7 Å². The summed E-state index contributed by atoms with van der Waals surface area (Å²) in [4.78, 5) is 19.6. The summed E-state index contributed by atoms with van der Waals surface area (Å²) in [5, 5.41) is 7.52. The van der Waals surface area contributed by atoms with Crippen LogP contribution < -0.4 is 10.6 Å². The molecule has 3 aromatic carbocycles. The quantitative estimate of drug-likeness (QED) is 0.314. The van der Waals surface area contributed by atoms with Crippen LogP contribution in [0.2, 0.25) is 5.02 Å². The average molecular weight is 511 g/mol. The summed E-state index contributed by atoms with van der Waals surface area (Å²) in [6.45, 7) is 2.74. The summed E-state index contributed by atoms with van der Waals surface area (Å²) >= 11 is 6.08. The number of carbonyl (C=O) groups excluding carboxylic acids is 1. The monoisotopic (exact) mass is 510 g/mol. The van der Waals surface area contributed by atoms with Crippen molar-refractivity contribution in [3.05, 3.63) is 125 Å². The van der Waals surface area contributed by atoms with Crippen LogP contribution in [0.5, 0.6) is 0 Å². The Bertz CT molecular complexity index is 1280. The van der Waals surface area contributed by atoms with Crippen molar-refractivity contribution in [2.24, 2.45) is 0 Å². The molecular weight excluding hydrogens is 480 g/mol. The Hall–Kier alpha value is -3.51. The van der Waals surface area contributed by atoms with Gasteiger partial charge in [-0.2, -0.15) is 0 Å². The van der Waals surface area contributed by atoms with Crippen molar-refractivity contribution in [3.63, 3.8) is 0 Å². The van der Waals surface area contributed by atoms with Gasteiger partial charge < -0.3 is 10.6 Å². The fourth-order valence-electron chi connectivity index (χ4n) is 4.84. The normalized spacial score (nSPS) is 17.5. The summed E-state index contributed by atoms with van der Waals surface area (Å²) in [6, 6.07) is 30.8. The standard InChI is InChI=1S/C31H31ClN4O/c32-28-14-10-24(11-15-28)21-36-22-29(17-30(36)31(37)35-20-25-5-4-16-33-18-25)34-19-23-8-12-27(13-9-23)26-6-2-1-3-7-26/h1-16,18,29-30,34H,17,19-22H2,(H,35,37)/t29-,30-/m0/s1. The maximum absolute atomic E-state index is 13.2. The minimum absolute atomic E-state index is 0.0503. The van der Waals surface area contributed by atoms with Crippen LogP contribution in [-0.2, 0) is 24.4 Å². The second-order valence-corrected chi connectivity index (χ2v) is 9.96. The SMILES string of the molecule is O=C(NCc1cccnc1)[C@@H]1C[C@H](NCc2ccc(-c3ccccc3)cc2)CN1Cc1ccc(Cl)cc1. The third kappa shape index (κ3) is 6.83. The molecule has 0 saturated carbocycles. The lowest BCUT2D eigenvalue weighted by Crippen LogP contribution is -2.42. The van der Waals surface area contributed by atoms with Gasteiger partial charge in [-0.25, -0.2) is 0 Å². The van der Waals surface area contributed by atoms with E-state index in [0.29, 0.717) is 18.1 Å². The number of pyridine rings is 1. The lowest BCUT2D eigenvalue weighted by Gasteiger charge is -2.23. The van der Waals surface area contributed by atoms with Gasteiger partial charge in [-0.15, -0.1) is 0 Å². The third-order valence-electron chi connectivity index (χ3n) is 6.85. The minimum atomic E-state index is -0.203. The zero-order chi connectivity index (χ0) is 25.5. The number of nitrogens with zero attached hydrogens (tertiary/aromatic N) is 2. The van der Waals surface area contributed by atoms with Crippen molar-refractivity contribution >= 4 is 17.5 Å². The van der Waals surface area contributed by atoms with E-state index in [-0.39, 0.29) is 18.0 Å². The van der Waals surface area contributed by atoms with Crippen molar-refractivity contribution in [1.82, 2.24) is 20.5 Å². The van der Waals surface area contributed by atoms with Crippen molar-refractivity contribution in [2.45, 2.75) is 38.1 Å². The van der Waals surface area contributed by atoms with E-state index in [2.05, 4.69) is 69.0 Å². The predicted molar refractivity (Wildman–Crippen MR) is 149 cm³/mol. The molecule has 0 radical (unpaired) electrons. The molecular formula is C31H31ClN4O. The highest BCUT2D eigenvalue weighted by atomic mass is 35.5. The first kappa shape index (κ1) is 25.2. The van der Waals surface area contributed by atoms with Gasteiger partial charge in [-0.05, 0) is 52.4 Å². The van der Waals surface area contributed by atoms with Crippen LogP contribution in [0.15, 0.2) is 103 Å². The molecule has 1 aliphatic heterocycles. The molecule has 188 valence electrons. The molecule has 2 N–H and O–H groups in total. The molecule has 2 atom stereocenters. The number of amides is 1. The van der Waals surface area contributed by atoms with E-state index in [1.807, 2.05) is 42.5 Å². The zero-order valence-electron chi connectivity index (χ0n) is 20.7. The van der Waals surface area contributed by atoms with Gasteiger partial charge in [0.1, 0.15) is 0 Å². The molecule has 6 heteroatoms. The van der Waals surface area contributed by atoms with E-state index < -0.39 is 0 Å². The molecule has 1 aromatic heterocycles. The second-order valence-electron chi connectivity index (χ2n) is 9.53. The van der Waals surface area contributed by atoms with Crippen LogP contribution in [0.4, 0.5) is 0 Å². The van der Waals surface area contributed by atoms with Crippen LogP contribution in [0.25, 0.3) is 11.1 Å². The number of hydrogen-bond acceptors (Lipinski definition) is 4. The summed E-state index contributed by atoms with van der Waals surface area (Å²) in [7, 11) is 0. The third-order valence-corrected chi connectivity index (χ3v) is 7.10. The number of aromatic nitrogens is 1. The number of likely N-dealkylation sites (tertiary alicyclic amines) is 1. The first-order chi connectivity index (χ1) is 18.1. The Morgan fingerprint density at radius 2 is 1.57 bits per heavy atom. The maximum Gasteiger partial charge on any atom is 0.237 e. The molecule has 0 spiro atoms. The molecule has 0 aliphatic carbocycles. The lowest BCUT2D eigenvalue weighted by molar-refractivity contribution is -0.125. The number of carbonyl (C=O) groups is 1. The van der Waals surface area contributed by atoms with E-state index >= 15 is 0 Å². The van der Waals surface area contributed by atoms with Gasteiger partial charge in [0, 0.05) is 49.6 Å². The molecule has 2 heterocycles. The smallest absolute Gasteiger partial charge is 0.237 e. The van der Waals surface area contributed by atoms with Crippen LogP contribution in [0.1, 0.15) is 23.1 Å². The van der Waals surface area contributed by atoms with Gasteiger partial charge in [0.25, 0.3) is 0 Å². The van der Waals surface area contributed by atoms with Crippen LogP contribution >= 0.6 is 11.6 Å². The molecule has 0 bridgehead atoms. The predicted octanol–water partition coefficient (Wildman–Crippen LogP) is 5.45. The van der Waals surface area contributed by atoms with Gasteiger partial charge in [-0.1, -0.05) is 84.4 Å². The Morgan fingerprint density at radius 3 is 2.30 bits per heavy atom. The zero-order valence-corrected chi connectivity index (χ0v) is 21.4. The topological polar surface area (TPSA) is 57.3 Å². The first-order valence-electron chi connectivity index (χ1n) is 12.7. The molecule has 0 unspecified atom stereocenters. The van der Waals surface area contributed by atoms with Gasteiger partial charge in [0.05, 0.1) is 6.04 Å². The van der Waals surface area contributed by atoms with E-state index in [0.717, 1.165) is 30.6 Å². The number of rotatable bonds is 9. The van der Waals surface area contributed by atoms with Crippen LogP contribution in [0, 0.1) is 0 Å². The fourth-order valence-corrected chi connectivity index (χ4v) is 4.97. The Morgan fingerprint density at radius 1 is 0.838 bits per heavy atom. The Labute approximate surface area is 223 Å². The summed E-state index contributed by atoms with van der Waals surface area (Å²) in [5.74, 6) is 0.0503. The van der Waals surface area contributed by atoms with E-state index in [9.17, 15) is 4.79 Å². The molecule has 5 nitrogen and oxygen atoms in total. The maximum atomic E-state index is 13.2. The highest BCUT2D eigenvalue weighted by molar-refractivity contribution is 6.30. The van der Waals surface area contributed by atoms with E-state index in [1.165, 1.54) is 16.7 Å². The Balaban J connectivity index is 1.22. The molecule has 1 amide bonds. The largest absolute Gasteiger partial charge is 0.351 e. The van der Waals surface area contributed by atoms with Gasteiger partial charge >= 0.3 is 0 Å². The lowest BCUT2D eigenvalue weighted by atomic mass is 10.0. The summed E-state index contributed by atoms with van der Waals surface area (Å²) < 4.78 is 0.